The molecule has 0 amide bonds. The van der Waals surface area contributed by atoms with E-state index in [2.05, 4.69) is 39.7 Å². The zero-order valence-corrected chi connectivity index (χ0v) is 17.7. The van der Waals surface area contributed by atoms with Crippen LogP contribution in [0.1, 0.15) is 21.1 Å². The van der Waals surface area contributed by atoms with E-state index < -0.39 is 0 Å². The van der Waals surface area contributed by atoms with E-state index >= 15 is 0 Å². The SMILES string of the molecule is CN=C(NCCc1ccc(OC)cc1)NCc1nc(C)c(C)s1.I. The highest BCUT2D eigenvalue weighted by Crippen LogP contribution is 2.15. The van der Waals surface area contributed by atoms with Gasteiger partial charge in [0.15, 0.2) is 5.96 Å². The summed E-state index contributed by atoms with van der Waals surface area (Å²) in [6.07, 6.45) is 0.931. The summed E-state index contributed by atoms with van der Waals surface area (Å²) in [5.74, 6) is 1.68. The minimum Gasteiger partial charge on any atom is -0.497 e. The highest BCUT2D eigenvalue weighted by molar-refractivity contribution is 14.0. The monoisotopic (exact) mass is 460 g/mol. The number of ether oxygens (including phenoxy) is 1. The van der Waals surface area contributed by atoms with Crippen LogP contribution in [0.5, 0.6) is 5.75 Å². The Labute approximate surface area is 165 Å². The topological polar surface area (TPSA) is 58.5 Å². The van der Waals surface area contributed by atoms with Gasteiger partial charge in [-0.3, -0.25) is 4.99 Å². The first-order valence-electron chi connectivity index (χ1n) is 7.62. The normalized spacial score (nSPS) is 10.9. The number of methoxy groups -OCH3 is 1. The van der Waals surface area contributed by atoms with E-state index in [9.17, 15) is 0 Å². The number of benzene rings is 1. The molecular formula is C17H25IN4OS. The molecule has 0 atom stereocenters. The minimum atomic E-state index is 0. The Morgan fingerprint density at radius 3 is 2.46 bits per heavy atom. The highest BCUT2D eigenvalue weighted by atomic mass is 127. The van der Waals surface area contributed by atoms with Gasteiger partial charge >= 0.3 is 0 Å². The van der Waals surface area contributed by atoms with Gasteiger partial charge in [0.05, 0.1) is 19.3 Å². The van der Waals surface area contributed by atoms with Crippen molar-refractivity contribution in [2.24, 2.45) is 4.99 Å². The van der Waals surface area contributed by atoms with Crippen molar-refractivity contribution in [1.82, 2.24) is 15.6 Å². The van der Waals surface area contributed by atoms with Gasteiger partial charge in [-0.25, -0.2) is 4.98 Å². The van der Waals surface area contributed by atoms with Gasteiger partial charge < -0.3 is 15.4 Å². The van der Waals surface area contributed by atoms with Gasteiger partial charge in [0.1, 0.15) is 10.8 Å². The van der Waals surface area contributed by atoms with Gasteiger partial charge in [-0.2, -0.15) is 0 Å². The molecule has 132 valence electrons. The number of aliphatic imine (C=N–C) groups is 1. The van der Waals surface area contributed by atoms with E-state index in [4.69, 9.17) is 4.74 Å². The van der Waals surface area contributed by atoms with Crippen molar-refractivity contribution in [1.29, 1.82) is 0 Å². The number of hydrogen-bond donors (Lipinski definition) is 2. The van der Waals surface area contributed by atoms with E-state index in [0.717, 1.165) is 35.4 Å². The molecule has 0 fully saturated rings. The van der Waals surface area contributed by atoms with Crippen LogP contribution in [-0.4, -0.2) is 31.6 Å². The largest absolute Gasteiger partial charge is 0.497 e. The third kappa shape index (κ3) is 6.27. The molecule has 0 spiro atoms. The summed E-state index contributed by atoms with van der Waals surface area (Å²) in [5.41, 5.74) is 2.37. The second kappa shape index (κ2) is 10.5. The Balaban J connectivity index is 0.00000288. The van der Waals surface area contributed by atoms with Crippen LogP contribution < -0.4 is 15.4 Å². The molecule has 2 rings (SSSR count). The van der Waals surface area contributed by atoms with Crippen molar-refractivity contribution >= 4 is 41.3 Å². The summed E-state index contributed by atoms with van der Waals surface area (Å²) < 4.78 is 5.16. The number of nitrogens with one attached hydrogen (secondary N) is 2. The van der Waals surface area contributed by atoms with E-state index in [0.29, 0.717) is 6.54 Å². The molecule has 7 heteroatoms. The number of hydrogen-bond acceptors (Lipinski definition) is 4. The lowest BCUT2D eigenvalue weighted by molar-refractivity contribution is 0.414. The molecule has 1 aromatic heterocycles. The van der Waals surface area contributed by atoms with Crippen LogP contribution in [0.4, 0.5) is 0 Å². The Kier molecular flexibility index (Phi) is 9.05. The third-order valence-corrected chi connectivity index (χ3v) is 4.64. The molecule has 0 aliphatic heterocycles. The second-order valence-electron chi connectivity index (χ2n) is 5.20. The highest BCUT2D eigenvalue weighted by Gasteiger charge is 2.04. The molecule has 0 radical (unpaired) electrons. The summed E-state index contributed by atoms with van der Waals surface area (Å²) in [6.45, 7) is 5.65. The molecule has 0 aliphatic rings. The molecule has 5 nitrogen and oxygen atoms in total. The van der Waals surface area contributed by atoms with Crippen molar-refractivity contribution in [2.45, 2.75) is 26.8 Å². The first-order valence-corrected chi connectivity index (χ1v) is 8.44. The van der Waals surface area contributed by atoms with Crippen LogP contribution >= 0.6 is 35.3 Å². The first-order chi connectivity index (χ1) is 11.1. The van der Waals surface area contributed by atoms with Crippen molar-refractivity contribution in [3.63, 3.8) is 0 Å². The standard InChI is InChI=1S/C17H24N4OS.HI/c1-12-13(2)23-16(21-12)11-20-17(18-3)19-10-9-14-5-7-15(22-4)8-6-14;/h5-8H,9-11H2,1-4H3,(H2,18,19,20);1H. The Morgan fingerprint density at radius 2 is 1.92 bits per heavy atom. The fraction of sp³-hybridized carbons (Fsp3) is 0.412. The van der Waals surface area contributed by atoms with Crippen LogP contribution in [-0.2, 0) is 13.0 Å². The van der Waals surface area contributed by atoms with Gasteiger partial charge in [-0.05, 0) is 38.0 Å². The molecule has 2 aromatic rings. The summed E-state index contributed by atoms with van der Waals surface area (Å²) in [7, 11) is 3.46. The number of nitrogens with zero attached hydrogens (tertiary/aromatic N) is 2. The molecule has 0 unspecified atom stereocenters. The lowest BCUT2D eigenvalue weighted by atomic mass is 10.1. The van der Waals surface area contributed by atoms with Crippen LogP contribution in [0, 0.1) is 13.8 Å². The first kappa shape index (κ1) is 20.7. The van der Waals surface area contributed by atoms with Crippen molar-refractivity contribution in [2.75, 3.05) is 20.7 Å². The zero-order chi connectivity index (χ0) is 16.7. The summed E-state index contributed by atoms with van der Waals surface area (Å²) in [6, 6.07) is 8.13. The molecule has 24 heavy (non-hydrogen) atoms. The maximum Gasteiger partial charge on any atom is 0.191 e. The zero-order valence-electron chi connectivity index (χ0n) is 14.5. The molecule has 1 heterocycles. The predicted molar refractivity (Wildman–Crippen MR) is 112 cm³/mol. The van der Waals surface area contributed by atoms with Gasteiger partial charge in [0.25, 0.3) is 0 Å². The molecule has 0 bridgehead atoms. The fourth-order valence-electron chi connectivity index (χ4n) is 2.11. The predicted octanol–water partition coefficient (Wildman–Crippen LogP) is 3.29. The van der Waals surface area contributed by atoms with E-state index in [1.54, 1.807) is 25.5 Å². The lowest BCUT2D eigenvalue weighted by Crippen LogP contribution is -2.37. The van der Waals surface area contributed by atoms with Gasteiger partial charge in [0.2, 0.25) is 0 Å². The molecular weight excluding hydrogens is 435 g/mol. The third-order valence-electron chi connectivity index (χ3n) is 3.57. The van der Waals surface area contributed by atoms with Crippen LogP contribution in [0.3, 0.4) is 0 Å². The Morgan fingerprint density at radius 1 is 1.21 bits per heavy atom. The maximum absolute atomic E-state index is 5.16. The van der Waals surface area contributed by atoms with Crippen LogP contribution in [0.2, 0.25) is 0 Å². The number of guanidine groups is 1. The number of halogens is 1. The van der Waals surface area contributed by atoms with Crippen LogP contribution in [0.25, 0.3) is 0 Å². The fourth-order valence-corrected chi connectivity index (χ4v) is 2.99. The molecule has 1 aromatic carbocycles. The average Bonchev–Trinajstić information content (AvgIpc) is 2.89. The quantitative estimate of drug-likeness (QED) is 0.395. The molecule has 0 aliphatic carbocycles. The molecule has 2 N–H and O–H groups in total. The maximum atomic E-state index is 5.16. The van der Waals surface area contributed by atoms with Crippen molar-refractivity contribution < 1.29 is 4.74 Å². The van der Waals surface area contributed by atoms with Gasteiger partial charge in [-0.15, -0.1) is 35.3 Å². The number of rotatable bonds is 6. The van der Waals surface area contributed by atoms with E-state index in [1.165, 1.54) is 10.4 Å². The smallest absolute Gasteiger partial charge is 0.191 e. The summed E-state index contributed by atoms with van der Waals surface area (Å²) in [4.78, 5) is 10.0. The van der Waals surface area contributed by atoms with Gasteiger partial charge in [0, 0.05) is 18.5 Å². The average molecular weight is 460 g/mol. The number of thiazole rings is 1. The summed E-state index contributed by atoms with van der Waals surface area (Å²) >= 11 is 1.72. The van der Waals surface area contributed by atoms with E-state index in [1.807, 2.05) is 19.1 Å². The number of aryl methyl sites for hydroxylation is 2. The Bertz CT molecular complexity index is 636. The van der Waals surface area contributed by atoms with Crippen molar-refractivity contribution in [3.05, 3.63) is 45.4 Å². The molecule has 0 saturated carbocycles. The molecule has 0 saturated heterocycles. The summed E-state index contributed by atoms with van der Waals surface area (Å²) in [5, 5.41) is 7.70. The van der Waals surface area contributed by atoms with Gasteiger partial charge in [-0.1, -0.05) is 12.1 Å². The van der Waals surface area contributed by atoms with Crippen LogP contribution in [0.15, 0.2) is 29.3 Å². The Hall–Kier alpha value is -1.35. The second-order valence-corrected chi connectivity index (χ2v) is 6.49. The van der Waals surface area contributed by atoms with E-state index in [-0.39, 0.29) is 24.0 Å². The minimum absolute atomic E-state index is 0. The van der Waals surface area contributed by atoms with Crippen molar-refractivity contribution in [3.8, 4) is 5.75 Å². The number of aromatic nitrogens is 1. The lowest BCUT2D eigenvalue weighted by Gasteiger charge is -2.11.